The number of likely N-dealkylation sites (tertiary alicyclic amines) is 1. The van der Waals surface area contributed by atoms with Gasteiger partial charge in [-0.15, -0.1) is 0 Å². The lowest BCUT2D eigenvalue weighted by Crippen LogP contribution is -2.37. The van der Waals surface area contributed by atoms with E-state index in [9.17, 15) is 4.79 Å². The zero-order chi connectivity index (χ0) is 13.8. The number of nitrogens with two attached hydrogens (primary N) is 1. The first-order chi connectivity index (χ1) is 9.11. The zero-order valence-corrected chi connectivity index (χ0v) is 11.3. The van der Waals surface area contributed by atoms with Gasteiger partial charge in [0.1, 0.15) is 5.82 Å². The molecule has 2 rings (SSSR count). The number of nitrogen functional groups attached to an aromatic ring is 1. The molecule has 0 unspecified atom stereocenters. The Morgan fingerprint density at radius 3 is 2.84 bits per heavy atom. The van der Waals surface area contributed by atoms with E-state index in [2.05, 4.69) is 22.2 Å². The van der Waals surface area contributed by atoms with Gasteiger partial charge >= 0.3 is 5.97 Å². The van der Waals surface area contributed by atoms with Crippen molar-refractivity contribution in [3.63, 3.8) is 0 Å². The Labute approximate surface area is 112 Å². The highest BCUT2D eigenvalue weighted by Gasteiger charge is 2.19. The number of carbonyl (C=O) groups excluding carboxylic acids is 1. The minimum Gasteiger partial charge on any atom is -0.465 e. The molecule has 1 aromatic rings. The molecule has 1 aliphatic heterocycles. The number of nitrogens with one attached hydrogen (secondary N) is 1. The molecule has 0 saturated carbocycles. The fourth-order valence-corrected chi connectivity index (χ4v) is 2.22. The minimum atomic E-state index is -0.439. The quantitative estimate of drug-likeness (QED) is 0.791. The fourth-order valence-electron chi connectivity index (χ4n) is 2.22. The lowest BCUT2D eigenvalue weighted by atomic mass is 10.1. The fraction of sp³-hybridized carbons (Fsp3) is 0.538. The normalized spacial score (nSPS) is 17.2. The van der Waals surface area contributed by atoms with Crippen molar-refractivity contribution in [3.05, 3.63) is 17.8 Å². The van der Waals surface area contributed by atoms with E-state index in [1.165, 1.54) is 7.11 Å². The number of carbonyl (C=O) groups is 1. The Hall–Kier alpha value is -1.82. The van der Waals surface area contributed by atoms with Crippen molar-refractivity contribution in [1.29, 1.82) is 0 Å². The van der Waals surface area contributed by atoms with Gasteiger partial charge in [-0.1, -0.05) is 0 Å². The van der Waals surface area contributed by atoms with E-state index in [0.29, 0.717) is 23.1 Å². The molecular formula is C13H20N4O2. The SMILES string of the molecule is COC(=O)c1ccnc(NC2CCN(C)CC2)c1N. The summed E-state index contributed by atoms with van der Waals surface area (Å²) in [6, 6.07) is 1.92. The second-order valence-corrected chi connectivity index (χ2v) is 4.83. The predicted molar refractivity (Wildman–Crippen MR) is 74.1 cm³/mol. The number of rotatable bonds is 3. The van der Waals surface area contributed by atoms with Gasteiger partial charge in [-0.25, -0.2) is 9.78 Å². The van der Waals surface area contributed by atoms with E-state index in [1.54, 1.807) is 12.3 Å². The maximum atomic E-state index is 11.6. The van der Waals surface area contributed by atoms with E-state index in [0.717, 1.165) is 25.9 Å². The largest absolute Gasteiger partial charge is 0.465 e. The minimum absolute atomic E-state index is 0.346. The van der Waals surface area contributed by atoms with Crippen LogP contribution in [-0.2, 0) is 4.74 Å². The molecular weight excluding hydrogens is 244 g/mol. The molecule has 0 radical (unpaired) electrons. The smallest absolute Gasteiger partial charge is 0.340 e. The predicted octanol–water partition coefficient (Wildman–Crippen LogP) is 0.956. The Morgan fingerprint density at radius 2 is 2.21 bits per heavy atom. The number of methoxy groups -OCH3 is 1. The number of aromatic nitrogens is 1. The van der Waals surface area contributed by atoms with Crippen molar-refractivity contribution in [2.75, 3.05) is 38.3 Å². The highest BCUT2D eigenvalue weighted by atomic mass is 16.5. The van der Waals surface area contributed by atoms with E-state index < -0.39 is 5.97 Å². The number of piperidine rings is 1. The molecule has 0 bridgehead atoms. The van der Waals surface area contributed by atoms with Gasteiger partial charge in [-0.3, -0.25) is 0 Å². The van der Waals surface area contributed by atoms with Crippen LogP contribution in [0.25, 0.3) is 0 Å². The number of ether oxygens (including phenoxy) is 1. The lowest BCUT2D eigenvalue weighted by molar-refractivity contribution is 0.0602. The number of nitrogens with zero attached hydrogens (tertiary/aromatic N) is 2. The molecule has 0 aliphatic carbocycles. The van der Waals surface area contributed by atoms with Crippen molar-refractivity contribution in [1.82, 2.24) is 9.88 Å². The van der Waals surface area contributed by atoms with Crippen LogP contribution in [0.2, 0.25) is 0 Å². The first kappa shape index (κ1) is 13.6. The van der Waals surface area contributed by atoms with E-state index in [1.807, 2.05) is 0 Å². The molecule has 1 aliphatic rings. The third-order valence-electron chi connectivity index (χ3n) is 3.45. The maximum Gasteiger partial charge on any atom is 0.340 e. The van der Waals surface area contributed by atoms with E-state index in [-0.39, 0.29) is 0 Å². The summed E-state index contributed by atoms with van der Waals surface area (Å²) >= 11 is 0. The van der Waals surface area contributed by atoms with Crippen molar-refractivity contribution in [3.8, 4) is 0 Å². The average Bonchev–Trinajstić information content (AvgIpc) is 2.43. The third kappa shape index (κ3) is 3.14. The van der Waals surface area contributed by atoms with Gasteiger partial charge < -0.3 is 20.7 Å². The van der Waals surface area contributed by atoms with Gasteiger partial charge in [-0.2, -0.15) is 0 Å². The summed E-state index contributed by atoms with van der Waals surface area (Å²) in [6.45, 7) is 2.10. The van der Waals surface area contributed by atoms with Crippen molar-refractivity contribution in [2.45, 2.75) is 18.9 Å². The van der Waals surface area contributed by atoms with Crippen LogP contribution in [0.4, 0.5) is 11.5 Å². The lowest BCUT2D eigenvalue weighted by Gasteiger charge is -2.30. The van der Waals surface area contributed by atoms with Crippen LogP contribution >= 0.6 is 0 Å². The Kier molecular flexibility index (Phi) is 4.21. The monoisotopic (exact) mass is 264 g/mol. The third-order valence-corrected chi connectivity index (χ3v) is 3.45. The molecule has 104 valence electrons. The van der Waals surface area contributed by atoms with Crippen LogP contribution in [0.5, 0.6) is 0 Å². The molecule has 1 aromatic heterocycles. The number of hydrogen-bond acceptors (Lipinski definition) is 6. The zero-order valence-electron chi connectivity index (χ0n) is 11.3. The molecule has 1 fully saturated rings. The molecule has 0 amide bonds. The molecule has 6 heteroatoms. The standard InChI is InChI=1S/C13H20N4O2/c1-17-7-4-9(5-8-17)16-12-11(14)10(3-6-15-12)13(18)19-2/h3,6,9H,4-5,7-8,14H2,1-2H3,(H,15,16). The van der Waals surface area contributed by atoms with Crippen LogP contribution in [0.1, 0.15) is 23.2 Å². The summed E-state index contributed by atoms with van der Waals surface area (Å²) < 4.78 is 4.69. The number of pyridine rings is 1. The molecule has 3 N–H and O–H groups in total. The van der Waals surface area contributed by atoms with Gasteiger partial charge in [0.15, 0.2) is 0 Å². The van der Waals surface area contributed by atoms with Crippen LogP contribution in [0.3, 0.4) is 0 Å². The molecule has 0 atom stereocenters. The number of anilines is 2. The summed E-state index contributed by atoms with van der Waals surface area (Å²) in [5.41, 5.74) is 6.68. The Balaban J connectivity index is 2.10. The van der Waals surface area contributed by atoms with Gasteiger partial charge in [0.05, 0.1) is 18.4 Å². The van der Waals surface area contributed by atoms with Crippen LogP contribution in [0, 0.1) is 0 Å². The molecule has 19 heavy (non-hydrogen) atoms. The van der Waals surface area contributed by atoms with Gasteiger partial charge in [0.2, 0.25) is 0 Å². The first-order valence-corrected chi connectivity index (χ1v) is 6.39. The van der Waals surface area contributed by atoms with Crippen molar-refractivity contribution in [2.24, 2.45) is 0 Å². The number of hydrogen-bond donors (Lipinski definition) is 2. The molecule has 1 saturated heterocycles. The molecule has 0 aromatic carbocycles. The van der Waals surface area contributed by atoms with Crippen LogP contribution in [0.15, 0.2) is 12.3 Å². The van der Waals surface area contributed by atoms with E-state index >= 15 is 0 Å². The molecule has 6 nitrogen and oxygen atoms in total. The summed E-state index contributed by atoms with van der Waals surface area (Å²) in [5, 5.41) is 3.32. The summed E-state index contributed by atoms with van der Waals surface area (Å²) in [7, 11) is 3.45. The average molecular weight is 264 g/mol. The highest BCUT2D eigenvalue weighted by molar-refractivity contribution is 5.97. The second kappa shape index (κ2) is 5.88. The van der Waals surface area contributed by atoms with E-state index in [4.69, 9.17) is 10.5 Å². The number of esters is 1. The van der Waals surface area contributed by atoms with Gasteiger partial charge in [0.25, 0.3) is 0 Å². The van der Waals surface area contributed by atoms with Gasteiger partial charge in [0, 0.05) is 12.2 Å². The molecule has 0 spiro atoms. The maximum absolute atomic E-state index is 11.6. The van der Waals surface area contributed by atoms with Crippen LogP contribution < -0.4 is 11.1 Å². The molecule has 2 heterocycles. The topological polar surface area (TPSA) is 80.5 Å². The van der Waals surface area contributed by atoms with Crippen LogP contribution in [-0.4, -0.2) is 49.1 Å². The van der Waals surface area contributed by atoms with Crippen molar-refractivity contribution >= 4 is 17.5 Å². The first-order valence-electron chi connectivity index (χ1n) is 6.39. The summed E-state index contributed by atoms with van der Waals surface area (Å²) in [4.78, 5) is 18.1. The summed E-state index contributed by atoms with van der Waals surface area (Å²) in [5.74, 6) is 0.129. The Bertz CT molecular complexity index is 456. The second-order valence-electron chi connectivity index (χ2n) is 4.83. The summed E-state index contributed by atoms with van der Waals surface area (Å²) in [6.07, 6.45) is 3.65. The van der Waals surface area contributed by atoms with Gasteiger partial charge in [-0.05, 0) is 39.0 Å². The Morgan fingerprint density at radius 1 is 1.53 bits per heavy atom. The highest BCUT2D eigenvalue weighted by Crippen LogP contribution is 2.23. The van der Waals surface area contributed by atoms with Crippen molar-refractivity contribution < 1.29 is 9.53 Å².